The van der Waals surface area contributed by atoms with Gasteiger partial charge in [-0.3, -0.25) is 9.10 Å². The Kier molecular flexibility index (Phi) is 9.18. The highest BCUT2D eigenvalue weighted by Crippen LogP contribution is 2.29. The third-order valence-corrected chi connectivity index (χ3v) is 7.94. The summed E-state index contributed by atoms with van der Waals surface area (Å²) >= 11 is 6.04. The molecule has 0 radical (unpaired) electrons. The van der Waals surface area contributed by atoms with Gasteiger partial charge < -0.3 is 10.1 Å². The second kappa shape index (κ2) is 12.7. The van der Waals surface area contributed by atoms with E-state index in [0.29, 0.717) is 18.2 Å². The maximum atomic E-state index is 13.9. The average molecular weight is 549 g/mol. The molecule has 4 aromatic carbocycles. The van der Waals surface area contributed by atoms with Crippen LogP contribution in [-0.4, -0.2) is 27.5 Å². The molecule has 8 heteroatoms. The van der Waals surface area contributed by atoms with Crippen molar-refractivity contribution in [3.63, 3.8) is 0 Å². The second-order valence-corrected chi connectivity index (χ2v) is 11.1. The number of carbonyl (C=O) groups excluding carboxylic acids is 1. The maximum Gasteiger partial charge on any atom is 0.264 e. The zero-order valence-corrected chi connectivity index (χ0v) is 22.6. The van der Waals surface area contributed by atoms with Crippen LogP contribution in [0.15, 0.2) is 108 Å². The molecule has 0 fully saturated rings. The molecule has 0 aliphatic rings. The van der Waals surface area contributed by atoms with Gasteiger partial charge in [-0.15, -0.1) is 0 Å². The molecule has 4 aromatic rings. The van der Waals surface area contributed by atoms with Crippen LogP contribution in [0.2, 0.25) is 5.02 Å². The van der Waals surface area contributed by atoms with Gasteiger partial charge in [0.25, 0.3) is 15.9 Å². The predicted molar refractivity (Wildman–Crippen MR) is 151 cm³/mol. The third kappa shape index (κ3) is 7.01. The van der Waals surface area contributed by atoms with E-state index in [1.807, 2.05) is 37.3 Å². The molecule has 0 aliphatic carbocycles. The van der Waals surface area contributed by atoms with Crippen LogP contribution < -0.4 is 9.62 Å². The number of hydrogen-bond donors (Lipinski definition) is 1. The van der Waals surface area contributed by atoms with Crippen LogP contribution in [-0.2, 0) is 27.9 Å². The molecule has 0 unspecified atom stereocenters. The maximum absolute atomic E-state index is 13.9. The van der Waals surface area contributed by atoms with E-state index in [-0.39, 0.29) is 35.1 Å². The number of halogens is 1. The summed E-state index contributed by atoms with van der Waals surface area (Å²) in [5.41, 5.74) is 3.26. The SMILES string of the molecule is Cc1ccc(S(=O)(=O)N(Cc2ccc(Cl)cc2)c2ccccc2C(=O)NCCOCc2ccccc2)cc1. The molecule has 0 spiro atoms. The van der Waals surface area contributed by atoms with Crippen LogP contribution in [0.3, 0.4) is 0 Å². The highest BCUT2D eigenvalue weighted by atomic mass is 35.5. The number of sulfonamides is 1. The molecule has 0 aromatic heterocycles. The molecule has 196 valence electrons. The van der Waals surface area contributed by atoms with Crippen LogP contribution >= 0.6 is 11.6 Å². The molecular formula is C30H29ClN2O4S. The lowest BCUT2D eigenvalue weighted by molar-refractivity contribution is 0.0901. The lowest BCUT2D eigenvalue weighted by Gasteiger charge is -2.27. The summed E-state index contributed by atoms with van der Waals surface area (Å²) < 4.78 is 34.7. The Bertz CT molecular complexity index is 1460. The number of anilines is 1. The minimum absolute atomic E-state index is 0.0257. The van der Waals surface area contributed by atoms with E-state index in [0.717, 1.165) is 16.7 Å². The van der Waals surface area contributed by atoms with Crippen molar-refractivity contribution in [1.82, 2.24) is 5.32 Å². The number of amides is 1. The van der Waals surface area contributed by atoms with Gasteiger partial charge in [-0.1, -0.05) is 83.9 Å². The van der Waals surface area contributed by atoms with Crippen LogP contribution in [0.5, 0.6) is 0 Å². The summed E-state index contributed by atoms with van der Waals surface area (Å²) in [6.07, 6.45) is 0. The van der Waals surface area contributed by atoms with Crippen molar-refractivity contribution in [2.24, 2.45) is 0 Å². The van der Waals surface area contributed by atoms with Crippen molar-refractivity contribution in [3.05, 3.63) is 130 Å². The fourth-order valence-corrected chi connectivity index (χ4v) is 5.47. The average Bonchev–Trinajstić information content (AvgIpc) is 2.93. The molecule has 38 heavy (non-hydrogen) atoms. The summed E-state index contributed by atoms with van der Waals surface area (Å²) in [6, 6.07) is 30.1. The number of hydrogen-bond acceptors (Lipinski definition) is 4. The van der Waals surface area contributed by atoms with Crippen LogP contribution in [0.25, 0.3) is 0 Å². The molecule has 4 rings (SSSR count). The van der Waals surface area contributed by atoms with E-state index >= 15 is 0 Å². The number of ether oxygens (including phenoxy) is 1. The lowest BCUT2D eigenvalue weighted by atomic mass is 10.1. The van der Waals surface area contributed by atoms with Gasteiger partial charge in [0.2, 0.25) is 0 Å². The minimum atomic E-state index is -4.00. The smallest absolute Gasteiger partial charge is 0.264 e. The van der Waals surface area contributed by atoms with Crippen molar-refractivity contribution in [3.8, 4) is 0 Å². The Hall–Kier alpha value is -3.65. The van der Waals surface area contributed by atoms with Gasteiger partial charge in [0.15, 0.2) is 0 Å². The van der Waals surface area contributed by atoms with Crippen LogP contribution in [0.1, 0.15) is 27.0 Å². The standard InChI is InChI=1S/C30H29ClN2O4S/c1-23-11-17-27(18-12-23)38(35,36)33(21-24-13-15-26(31)16-14-24)29-10-6-5-9-28(29)30(34)32-19-20-37-22-25-7-3-2-4-8-25/h2-18H,19-22H2,1H3,(H,32,34). The van der Waals surface area contributed by atoms with E-state index in [2.05, 4.69) is 5.32 Å². The fraction of sp³-hybridized carbons (Fsp3) is 0.167. The number of benzene rings is 4. The highest BCUT2D eigenvalue weighted by Gasteiger charge is 2.28. The predicted octanol–water partition coefficient (Wildman–Crippen LogP) is 5.99. The lowest BCUT2D eigenvalue weighted by Crippen LogP contribution is -2.34. The number of carbonyl (C=O) groups is 1. The Morgan fingerprint density at radius 2 is 1.50 bits per heavy atom. The summed E-state index contributed by atoms with van der Waals surface area (Å²) in [5, 5.41) is 3.40. The van der Waals surface area contributed by atoms with Crippen molar-refractivity contribution < 1.29 is 17.9 Å². The van der Waals surface area contributed by atoms with Gasteiger partial charge in [-0.05, 0) is 54.4 Å². The quantitative estimate of drug-likeness (QED) is 0.234. The van der Waals surface area contributed by atoms with Crippen molar-refractivity contribution in [2.45, 2.75) is 25.0 Å². The molecule has 0 atom stereocenters. The molecule has 0 aliphatic heterocycles. The first-order chi connectivity index (χ1) is 18.3. The highest BCUT2D eigenvalue weighted by molar-refractivity contribution is 7.92. The second-order valence-electron chi connectivity index (χ2n) is 8.76. The number of nitrogens with zero attached hydrogens (tertiary/aromatic N) is 1. The third-order valence-electron chi connectivity index (χ3n) is 5.91. The Morgan fingerprint density at radius 1 is 0.842 bits per heavy atom. The largest absolute Gasteiger partial charge is 0.375 e. The van der Waals surface area contributed by atoms with Crippen LogP contribution in [0, 0.1) is 6.92 Å². The van der Waals surface area contributed by atoms with E-state index in [4.69, 9.17) is 16.3 Å². The Balaban J connectivity index is 1.57. The van der Waals surface area contributed by atoms with E-state index < -0.39 is 10.0 Å². The van der Waals surface area contributed by atoms with E-state index in [9.17, 15) is 13.2 Å². The summed E-state index contributed by atoms with van der Waals surface area (Å²) in [6.45, 7) is 2.96. The van der Waals surface area contributed by atoms with Gasteiger partial charge >= 0.3 is 0 Å². The normalized spacial score (nSPS) is 11.2. The van der Waals surface area contributed by atoms with Crippen molar-refractivity contribution >= 4 is 33.2 Å². The van der Waals surface area contributed by atoms with Crippen LogP contribution in [0.4, 0.5) is 5.69 Å². The zero-order valence-electron chi connectivity index (χ0n) is 21.0. The van der Waals surface area contributed by atoms with Crippen molar-refractivity contribution in [2.75, 3.05) is 17.5 Å². The molecular weight excluding hydrogens is 520 g/mol. The van der Waals surface area contributed by atoms with Gasteiger partial charge in [-0.25, -0.2) is 8.42 Å². The number of rotatable bonds is 11. The molecule has 0 saturated carbocycles. The summed E-state index contributed by atoms with van der Waals surface area (Å²) in [5.74, 6) is -0.385. The first-order valence-corrected chi connectivity index (χ1v) is 14.0. The molecule has 1 amide bonds. The number of para-hydroxylation sites is 1. The molecule has 0 bridgehead atoms. The summed E-state index contributed by atoms with van der Waals surface area (Å²) in [7, 11) is -4.00. The van der Waals surface area contributed by atoms with E-state index in [1.54, 1.807) is 72.8 Å². The number of aryl methyl sites for hydroxylation is 1. The van der Waals surface area contributed by atoms with Crippen molar-refractivity contribution in [1.29, 1.82) is 0 Å². The monoisotopic (exact) mass is 548 g/mol. The fourth-order valence-electron chi connectivity index (χ4n) is 3.87. The van der Waals surface area contributed by atoms with Gasteiger partial charge in [0, 0.05) is 11.6 Å². The number of nitrogens with one attached hydrogen (secondary N) is 1. The molecule has 0 heterocycles. The Labute approximate surface area is 228 Å². The van der Waals surface area contributed by atoms with Gasteiger partial charge in [0.05, 0.1) is 35.9 Å². The first kappa shape index (κ1) is 27.4. The molecule has 0 saturated heterocycles. The van der Waals surface area contributed by atoms with Gasteiger partial charge in [0.1, 0.15) is 0 Å². The first-order valence-electron chi connectivity index (χ1n) is 12.2. The summed E-state index contributed by atoms with van der Waals surface area (Å²) in [4.78, 5) is 13.3. The molecule has 1 N–H and O–H groups in total. The topological polar surface area (TPSA) is 75.7 Å². The van der Waals surface area contributed by atoms with E-state index in [1.165, 1.54) is 4.31 Å². The van der Waals surface area contributed by atoms with Gasteiger partial charge in [-0.2, -0.15) is 0 Å². The zero-order chi connectivity index (χ0) is 27.0. The molecule has 6 nitrogen and oxygen atoms in total. The Morgan fingerprint density at radius 3 is 2.21 bits per heavy atom. The minimum Gasteiger partial charge on any atom is -0.375 e.